The van der Waals surface area contributed by atoms with Gasteiger partial charge in [0, 0.05) is 37.3 Å². The summed E-state index contributed by atoms with van der Waals surface area (Å²) in [7, 11) is 0. The second kappa shape index (κ2) is 5.22. The second-order valence-corrected chi connectivity index (χ2v) is 5.22. The maximum Gasteiger partial charge on any atom is 0.275 e. The van der Waals surface area contributed by atoms with Gasteiger partial charge >= 0.3 is 0 Å². The van der Waals surface area contributed by atoms with Gasteiger partial charge < -0.3 is 15.1 Å². The van der Waals surface area contributed by atoms with Gasteiger partial charge in [0.15, 0.2) is 0 Å². The average molecular weight is 274 g/mol. The highest BCUT2D eigenvalue weighted by Gasteiger charge is 2.29. The summed E-state index contributed by atoms with van der Waals surface area (Å²) in [6, 6.07) is 0. The van der Waals surface area contributed by atoms with Gasteiger partial charge in [-0.2, -0.15) is 0 Å². The maximum atomic E-state index is 11.6. The number of allylic oxidation sites excluding steroid dienone is 1. The molecule has 0 bridgehead atoms. The first-order chi connectivity index (χ1) is 9.69. The number of hydrogen-bond acceptors (Lipinski definition) is 4. The number of hydrogen-bond donors (Lipinski definition) is 3. The first-order valence-corrected chi connectivity index (χ1v) is 6.76. The van der Waals surface area contributed by atoms with Gasteiger partial charge in [0.05, 0.1) is 17.9 Å². The second-order valence-electron chi connectivity index (χ2n) is 5.22. The van der Waals surface area contributed by atoms with Crippen LogP contribution in [0, 0.1) is 5.92 Å². The van der Waals surface area contributed by atoms with Crippen molar-refractivity contribution in [3.63, 3.8) is 0 Å². The van der Waals surface area contributed by atoms with Gasteiger partial charge in [0.1, 0.15) is 5.52 Å². The molecule has 2 aromatic rings. The van der Waals surface area contributed by atoms with Crippen molar-refractivity contribution in [2.45, 2.75) is 19.6 Å². The van der Waals surface area contributed by atoms with Crippen molar-refractivity contribution in [1.29, 1.82) is 0 Å². The molecule has 1 aliphatic heterocycles. The Morgan fingerprint density at radius 1 is 1.50 bits per heavy atom. The summed E-state index contributed by atoms with van der Waals surface area (Å²) in [6.07, 6.45) is 6.94. The van der Waals surface area contributed by atoms with E-state index in [1.807, 2.05) is 25.3 Å². The molecule has 106 valence electrons. The molecule has 0 radical (unpaired) electrons. The van der Waals surface area contributed by atoms with Gasteiger partial charge in [0.25, 0.3) is 5.56 Å². The van der Waals surface area contributed by atoms with E-state index in [1.165, 1.54) is 6.33 Å². The van der Waals surface area contributed by atoms with Gasteiger partial charge in [-0.25, -0.2) is 4.98 Å². The van der Waals surface area contributed by atoms with Crippen LogP contribution in [0.3, 0.4) is 0 Å². The molecule has 0 saturated carbocycles. The van der Waals surface area contributed by atoms with Crippen LogP contribution in [0.5, 0.6) is 0 Å². The van der Waals surface area contributed by atoms with E-state index in [0.717, 1.165) is 12.1 Å². The molecule has 2 unspecified atom stereocenters. The van der Waals surface area contributed by atoms with Crippen LogP contribution in [0.1, 0.15) is 12.5 Å². The van der Waals surface area contributed by atoms with E-state index >= 15 is 0 Å². The predicted octanol–water partition coefficient (Wildman–Crippen LogP) is 0.620. The molecule has 1 aliphatic rings. The Morgan fingerprint density at radius 2 is 2.35 bits per heavy atom. The molecule has 3 rings (SSSR count). The molecule has 20 heavy (non-hydrogen) atoms. The van der Waals surface area contributed by atoms with E-state index in [9.17, 15) is 9.90 Å². The number of rotatable bonds is 3. The number of H-pyrrole nitrogens is 2. The molecule has 6 heteroatoms. The summed E-state index contributed by atoms with van der Waals surface area (Å²) in [5.41, 5.74) is 2.04. The van der Waals surface area contributed by atoms with E-state index in [1.54, 1.807) is 0 Å². The van der Waals surface area contributed by atoms with Crippen molar-refractivity contribution < 1.29 is 5.11 Å². The van der Waals surface area contributed by atoms with Crippen molar-refractivity contribution in [2.75, 3.05) is 13.1 Å². The molecule has 1 saturated heterocycles. The van der Waals surface area contributed by atoms with E-state index in [-0.39, 0.29) is 17.6 Å². The van der Waals surface area contributed by atoms with Gasteiger partial charge in [-0.3, -0.25) is 9.69 Å². The fourth-order valence-electron chi connectivity index (χ4n) is 2.83. The van der Waals surface area contributed by atoms with Crippen LogP contribution in [-0.4, -0.2) is 44.2 Å². The maximum absolute atomic E-state index is 11.6. The van der Waals surface area contributed by atoms with Crippen molar-refractivity contribution in [2.24, 2.45) is 5.92 Å². The van der Waals surface area contributed by atoms with E-state index in [0.29, 0.717) is 24.1 Å². The van der Waals surface area contributed by atoms with Crippen molar-refractivity contribution >= 4 is 11.0 Å². The zero-order chi connectivity index (χ0) is 14.1. The number of aliphatic hydroxyl groups is 1. The predicted molar refractivity (Wildman–Crippen MR) is 76.3 cm³/mol. The zero-order valence-corrected chi connectivity index (χ0v) is 11.3. The number of aromatic amines is 2. The topological polar surface area (TPSA) is 85.0 Å². The van der Waals surface area contributed by atoms with Crippen LogP contribution >= 0.6 is 0 Å². The Kier molecular flexibility index (Phi) is 3.42. The average Bonchev–Trinajstić information content (AvgIpc) is 2.97. The minimum Gasteiger partial charge on any atom is -0.391 e. The number of aromatic nitrogens is 3. The molecule has 1 fully saturated rings. The fourth-order valence-corrected chi connectivity index (χ4v) is 2.83. The minimum absolute atomic E-state index is 0.158. The summed E-state index contributed by atoms with van der Waals surface area (Å²) >= 11 is 0. The molecular weight excluding hydrogens is 256 g/mol. The minimum atomic E-state index is -0.326. The largest absolute Gasteiger partial charge is 0.391 e. The van der Waals surface area contributed by atoms with Gasteiger partial charge in [-0.15, -0.1) is 0 Å². The number of likely N-dealkylation sites (tertiary alicyclic amines) is 1. The van der Waals surface area contributed by atoms with Crippen molar-refractivity contribution in [1.82, 2.24) is 19.9 Å². The Labute approximate surface area is 116 Å². The first-order valence-electron chi connectivity index (χ1n) is 6.76. The number of nitrogens with one attached hydrogen (secondary N) is 2. The van der Waals surface area contributed by atoms with E-state index in [2.05, 4.69) is 19.9 Å². The van der Waals surface area contributed by atoms with E-state index < -0.39 is 0 Å². The Hall–Kier alpha value is -1.92. The molecule has 0 amide bonds. The lowest BCUT2D eigenvalue weighted by Gasteiger charge is -2.13. The highest BCUT2D eigenvalue weighted by molar-refractivity contribution is 5.77. The lowest BCUT2D eigenvalue weighted by molar-refractivity contribution is 0.156. The Bertz CT molecular complexity index is 688. The number of aliphatic hydroxyl groups excluding tert-OH is 1. The van der Waals surface area contributed by atoms with Crippen molar-refractivity contribution in [3.8, 4) is 0 Å². The number of β-amino-alcohol motifs (C(OH)–C–C–N with tert-alkyl or cyclic N) is 1. The van der Waals surface area contributed by atoms with Crippen LogP contribution in [0.4, 0.5) is 0 Å². The molecule has 0 aliphatic carbocycles. The molecule has 0 aromatic carbocycles. The van der Waals surface area contributed by atoms with Gasteiger partial charge in [-0.05, 0) is 6.92 Å². The third-order valence-electron chi connectivity index (χ3n) is 3.79. The summed E-state index contributed by atoms with van der Waals surface area (Å²) in [6.45, 7) is 4.11. The molecule has 2 atom stereocenters. The molecule has 6 nitrogen and oxygen atoms in total. The third kappa shape index (κ3) is 2.28. The van der Waals surface area contributed by atoms with Crippen LogP contribution in [0.25, 0.3) is 11.0 Å². The van der Waals surface area contributed by atoms with Gasteiger partial charge in [-0.1, -0.05) is 12.2 Å². The Balaban J connectivity index is 1.81. The molecular formula is C14H18N4O2. The van der Waals surface area contributed by atoms with Gasteiger partial charge in [0.2, 0.25) is 0 Å². The highest BCUT2D eigenvalue weighted by Crippen LogP contribution is 2.22. The molecule has 3 N–H and O–H groups in total. The van der Waals surface area contributed by atoms with Crippen molar-refractivity contribution in [3.05, 3.63) is 40.6 Å². The van der Waals surface area contributed by atoms with Crippen LogP contribution < -0.4 is 5.56 Å². The van der Waals surface area contributed by atoms with Crippen LogP contribution in [0.2, 0.25) is 0 Å². The summed E-state index contributed by atoms with van der Waals surface area (Å²) in [5.74, 6) is 0.182. The zero-order valence-electron chi connectivity index (χ0n) is 11.3. The smallest absolute Gasteiger partial charge is 0.275 e. The standard InChI is InChI=1S/C14H18N4O2/c1-2-3-9-5-18(7-11(9)19)6-10-4-15-13-12(10)16-8-17-14(13)20/h2-4,8-9,11,15,19H,5-7H2,1H3,(H,16,17,20). The molecule has 2 aromatic heterocycles. The monoisotopic (exact) mass is 274 g/mol. The lowest BCUT2D eigenvalue weighted by Crippen LogP contribution is -2.21. The highest BCUT2D eigenvalue weighted by atomic mass is 16.3. The molecule has 0 spiro atoms. The number of nitrogens with zero attached hydrogens (tertiary/aromatic N) is 2. The normalized spacial score (nSPS) is 24.1. The summed E-state index contributed by atoms with van der Waals surface area (Å²) < 4.78 is 0. The van der Waals surface area contributed by atoms with Crippen LogP contribution in [-0.2, 0) is 6.54 Å². The third-order valence-corrected chi connectivity index (χ3v) is 3.79. The fraction of sp³-hybridized carbons (Fsp3) is 0.429. The first kappa shape index (κ1) is 13.1. The number of fused-ring (bicyclic) bond motifs is 1. The summed E-state index contributed by atoms with van der Waals surface area (Å²) in [4.78, 5) is 23.6. The lowest BCUT2D eigenvalue weighted by atomic mass is 10.1. The Morgan fingerprint density at radius 3 is 3.15 bits per heavy atom. The molecule has 3 heterocycles. The SMILES string of the molecule is CC=CC1CN(Cc2c[nH]c3c(=O)[nH]cnc23)CC1O. The van der Waals surface area contributed by atoms with E-state index in [4.69, 9.17) is 0 Å². The quantitative estimate of drug-likeness (QED) is 0.716. The summed E-state index contributed by atoms with van der Waals surface area (Å²) in [5, 5.41) is 10.0. The van der Waals surface area contributed by atoms with Crippen LogP contribution in [0.15, 0.2) is 29.5 Å².